The van der Waals surface area contributed by atoms with Crippen molar-refractivity contribution in [1.29, 1.82) is 0 Å². The molecule has 2 aliphatic rings. The van der Waals surface area contributed by atoms with Gasteiger partial charge in [0.25, 0.3) is 0 Å². The molecule has 0 fully saturated rings. The molecular formula is C26H29N2+. The third-order valence-electron chi connectivity index (χ3n) is 6.22. The molecule has 0 atom stereocenters. The lowest BCUT2D eigenvalue weighted by Crippen LogP contribution is -2.26. The number of anilines is 1. The molecule has 0 aromatic heterocycles. The fourth-order valence-electron chi connectivity index (χ4n) is 4.50. The first kappa shape index (κ1) is 18.5. The number of para-hydroxylation sites is 2. The van der Waals surface area contributed by atoms with Crippen molar-refractivity contribution in [2.45, 2.75) is 38.5 Å². The Morgan fingerprint density at radius 1 is 0.786 bits per heavy atom. The third kappa shape index (κ3) is 2.84. The van der Waals surface area contributed by atoms with E-state index in [9.17, 15) is 0 Å². The number of nitrogens with one attached hydrogen (secondary N) is 1. The molecule has 0 spiro atoms. The van der Waals surface area contributed by atoms with Crippen molar-refractivity contribution >= 4 is 17.1 Å². The Labute approximate surface area is 168 Å². The van der Waals surface area contributed by atoms with Gasteiger partial charge in [0.15, 0.2) is 5.71 Å². The SMILES string of the molecule is C[N+]1=C(C=CC=CC=C2Nc3ccccc3C2(C)C)C(C)(C)c2ccccc21. The highest BCUT2D eigenvalue weighted by Crippen LogP contribution is 2.43. The van der Waals surface area contributed by atoms with E-state index in [-0.39, 0.29) is 10.8 Å². The van der Waals surface area contributed by atoms with Crippen LogP contribution >= 0.6 is 0 Å². The van der Waals surface area contributed by atoms with Crippen molar-refractivity contribution < 1.29 is 4.58 Å². The monoisotopic (exact) mass is 369 g/mol. The van der Waals surface area contributed by atoms with Crippen molar-refractivity contribution in [3.8, 4) is 0 Å². The fraction of sp³-hybridized carbons (Fsp3) is 0.269. The van der Waals surface area contributed by atoms with Gasteiger partial charge in [-0.3, -0.25) is 0 Å². The van der Waals surface area contributed by atoms with E-state index in [1.54, 1.807) is 0 Å². The molecule has 2 aromatic carbocycles. The van der Waals surface area contributed by atoms with Gasteiger partial charge in [-0.2, -0.15) is 4.58 Å². The van der Waals surface area contributed by atoms with E-state index in [1.165, 1.54) is 33.9 Å². The average molecular weight is 370 g/mol. The summed E-state index contributed by atoms with van der Waals surface area (Å²) in [5, 5.41) is 3.56. The number of hydrogen-bond acceptors (Lipinski definition) is 1. The predicted octanol–water partition coefficient (Wildman–Crippen LogP) is 6.09. The highest BCUT2D eigenvalue weighted by molar-refractivity contribution is 6.03. The Morgan fingerprint density at radius 2 is 1.46 bits per heavy atom. The van der Waals surface area contributed by atoms with Gasteiger partial charge in [0.2, 0.25) is 5.69 Å². The number of allylic oxidation sites excluding steroid dienone is 6. The maximum atomic E-state index is 3.56. The minimum absolute atomic E-state index is 0.00863. The van der Waals surface area contributed by atoms with E-state index < -0.39 is 0 Å². The van der Waals surface area contributed by atoms with Gasteiger partial charge in [-0.15, -0.1) is 0 Å². The predicted molar refractivity (Wildman–Crippen MR) is 120 cm³/mol. The van der Waals surface area contributed by atoms with Crippen molar-refractivity contribution in [1.82, 2.24) is 0 Å². The van der Waals surface area contributed by atoms with Crippen LogP contribution < -0.4 is 5.32 Å². The molecule has 28 heavy (non-hydrogen) atoms. The molecule has 0 unspecified atom stereocenters. The Morgan fingerprint density at radius 3 is 2.18 bits per heavy atom. The summed E-state index contributed by atoms with van der Waals surface area (Å²) in [5.74, 6) is 0. The van der Waals surface area contributed by atoms with Crippen LogP contribution in [0.2, 0.25) is 0 Å². The summed E-state index contributed by atoms with van der Waals surface area (Å²) in [6.45, 7) is 9.13. The second-order valence-corrected chi connectivity index (χ2v) is 8.71. The number of benzene rings is 2. The van der Waals surface area contributed by atoms with Crippen molar-refractivity contribution in [3.63, 3.8) is 0 Å². The van der Waals surface area contributed by atoms with E-state index in [0.29, 0.717) is 0 Å². The lowest BCUT2D eigenvalue weighted by Gasteiger charge is -2.19. The van der Waals surface area contributed by atoms with Gasteiger partial charge in [-0.05, 0) is 31.6 Å². The quantitative estimate of drug-likeness (QED) is 0.511. The van der Waals surface area contributed by atoms with Gasteiger partial charge < -0.3 is 5.32 Å². The third-order valence-corrected chi connectivity index (χ3v) is 6.22. The van der Waals surface area contributed by atoms with Crippen LogP contribution in [0.3, 0.4) is 0 Å². The van der Waals surface area contributed by atoms with E-state index in [0.717, 1.165) is 0 Å². The second-order valence-electron chi connectivity index (χ2n) is 8.71. The van der Waals surface area contributed by atoms with Gasteiger partial charge in [-0.25, -0.2) is 0 Å². The summed E-state index contributed by atoms with van der Waals surface area (Å²) in [6.07, 6.45) is 10.8. The first-order chi connectivity index (χ1) is 13.3. The Balaban J connectivity index is 1.53. The average Bonchev–Trinajstić information content (AvgIpc) is 3.04. The molecule has 0 radical (unpaired) electrons. The molecular weight excluding hydrogens is 340 g/mol. The van der Waals surface area contributed by atoms with Gasteiger partial charge >= 0.3 is 0 Å². The fourth-order valence-corrected chi connectivity index (χ4v) is 4.50. The molecule has 0 amide bonds. The van der Waals surface area contributed by atoms with Crippen molar-refractivity contribution in [2.75, 3.05) is 12.4 Å². The zero-order chi connectivity index (χ0) is 19.9. The second kappa shape index (κ2) is 6.63. The Hall–Kier alpha value is -2.87. The molecule has 142 valence electrons. The molecule has 0 aliphatic carbocycles. The van der Waals surface area contributed by atoms with E-state index in [4.69, 9.17) is 0 Å². The molecule has 0 saturated heterocycles. The molecule has 1 N–H and O–H groups in total. The van der Waals surface area contributed by atoms with Crippen LogP contribution in [-0.4, -0.2) is 17.3 Å². The highest BCUT2D eigenvalue weighted by Gasteiger charge is 2.42. The summed E-state index contributed by atoms with van der Waals surface area (Å²) in [6, 6.07) is 17.2. The van der Waals surface area contributed by atoms with Crippen LogP contribution in [0.25, 0.3) is 0 Å². The normalized spacial score (nSPS) is 20.8. The van der Waals surface area contributed by atoms with Crippen LogP contribution in [0.5, 0.6) is 0 Å². The molecule has 2 heteroatoms. The standard InChI is InChI=1S/C26H28N2/c1-25(2)19-13-9-11-15-21(19)27-23(25)17-7-6-8-18-24-26(3,4)20-14-10-12-16-22(20)28(24)5/h6-18H,1-5H3/p+1. The zero-order valence-electron chi connectivity index (χ0n) is 17.5. The van der Waals surface area contributed by atoms with Gasteiger partial charge in [-0.1, -0.05) is 68.5 Å². The largest absolute Gasteiger partial charge is 0.358 e. The van der Waals surface area contributed by atoms with Crippen LogP contribution in [0.1, 0.15) is 38.8 Å². The molecule has 2 aliphatic heterocycles. The van der Waals surface area contributed by atoms with Gasteiger partial charge in [0, 0.05) is 34.5 Å². The number of rotatable bonds is 3. The van der Waals surface area contributed by atoms with Crippen molar-refractivity contribution in [2.24, 2.45) is 0 Å². The van der Waals surface area contributed by atoms with Crippen LogP contribution in [0.15, 0.2) is 84.6 Å². The summed E-state index contributed by atoms with van der Waals surface area (Å²) < 4.78 is 2.30. The van der Waals surface area contributed by atoms with Crippen LogP contribution in [0.4, 0.5) is 11.4 Å². The highest BCUT2D eigenvalue weighted by atomic mass is 15.0. The van der Waals surface area contributed by atoms with Crippen LogP contribution in [0, 0.1) is 0 Å². The smallest absolute Gasteiger partial charge is 0.209 e. The van der Waals surface area contributed by atoms with E-state index >= 15 is 0 Å². The van der Waals surface area contributed by atoms with E-state index in [1.807, 2.05) is 0 Å². The Kier molecular flexibility index (Phi) is 4.38. The molecule has 4 rings (SSSR count). The summed E-state index contributed by atoms with van der Waals surface area (Å²) in [4.78, 5) is 0. The van der Waals surface area contributed by atoms with E-state index in [2.05, 4.69) is 124 Å². The minimum atomic E-state index is 0.00863. The minimum Gasteiger partial charge on any atom is -0.358 e. The van der Waals surface area contributed by atoms with Crippen molar-refractivity contribution in [3.05, 3.63) is 95.7 Å². The van der Waals surface area contributed by atoms with Gasteiger partial charge in [0.05, 0.1) is 5.41 Å². The summed E-state index contributed by atoms with van der Waals surface area (Å²) >= 11 is 0. The Bertz CT molecular complexity index is 1050. The molecule has 2 nitrogen and oxygen atoms in total. The first-order valence-electron chi connectivity index (χ1n) is 9.96. The maximum absolute atomic E-state index is 3.56. The molecule has 0 saturated carbocycles. The lowest BCUT2D eigenvalue weighted by atomic mass is 9.81. The number of hydrogen-bond donors (Lipinski definition) is 1. The molecule has 2 heterocycles. The number of fused-ring (bicyclic) bond motifs is 2. The first-order valence-corrected chi connectivity index (χ1v) is 9.96. The maximum Gasteiger partial charge on any atom is 0.209 e. The van der Waals surface area contributed by atoms with Crippen LogP contribution in [-0.2, 0) is 10.8 Å². The zero-order valence-corrected chi connectivity index (χ0v) is 17.5. The molecule has 2 aromatic rings. The summed E-state index contributed by atoms with van der Waals surface area (Å²) in [7, 11) is 2.15. The number of nitrogens with zero attached hydrogens (tertiary/aromatic N) is 1. The van der Waals surface area contributed by atoms with Gasteiger partial charge in [0.1, 0.15) is 7.05 Å². The lowest BCUT2D eigenvalue weighted by molar-refractivity contribution is -0.401. The summed E-state index contributed by atoms with van der Waals surface area (Å²) in [5.41, 5.74) is 7.83. The molecule has 0 bridgehead atoms. The topological polar surface area (TPSA) is 15.0 Å².